The van der Waals surface area contributed by atoms with Crippen molar-refractivity contribution in [1.29, 1.82) is 0 Å². The second-order valence-corrected chi connectivity index (χ2v) is 7.39. The van der Waals surface area contributed by atoms with Gasteiger partial charge < -0.3 is 18.8 Å². The summed E-state index contributed by atoms with van der Waals surface area (Å²) in [6, 6.07) is 17.1. The molecule has 4 rings (SSSR count). The number of piperidine rings is 1. The maximum Gasteiger partial charge on any atom is 0.261 e. The van der Waals surface area contributed by atoms with Gasteiger partial charge in [-0.05, 0) is 49.1 Å². The second-order valence-electron chi connectivity index (χ2n) is 7.39. The van der Waals surface area contributed by atoms with Crippen LogP contribution in [-0.4, -0.2) is 36.1 Å². The Balaban J connectivity index is 1.43. The molecule has 156 valence electrons. The Bertz CT molecular complexity index is 970. The van der Waals surface area contributed by atoms with Gasteiger partial charge in [0.05, 0.1) is 13.3 Å². The molecule has 30 heavy (non-hydrogen) atoms. The normalized spacial score (nSPS) is 16.3. The van der Waals surface area contributed by atoms with Crippen LogP contribution in [-0.2, 0) is 11.2 Å². The lowest BCUT2D eigenvalue weighted by atomic mass is 10.0. The fourth-order valence-electron chi connectivity index (χ4n) is 3.77. The maximum absolute atomic E-state index is 12.8. The number of hydrogen-bond acceptors (Lipinski definition) is 5. The monoisotopic (exact) mass is 406 g/mol. The van der Waals surface area contributed by atoms with E-state index in [1.165, 1.54) is 0 Å². The van der Waals surface area contributed by atoms with Gasteiger partial charge in [-0.15, -0.1) is 0 Å². The van der Waals surface area contributed by atoms with Gasteiger partial charge in [-0.1, -0.05) is 30.3 Å². The third kappa shape index (κ3) is 4.82. The highest BCUT2D eigenvalue weighted by Crippen LogP contribution is 2.31. The number of carbonyl (C=O) groups is 1. The number of hydrogen-bond donors (Lipinski definition) is 0. The van der Waals surface area contributed by atoms with Crippen LogP contribution in [0.25, 0.3) is 0 Å². The first-order chi connectivity index (χ1) is 14.7. The van der Waals surface area contributed by atoms with Gasteiger partial charge in [-0.3, -0.25) is 4.79 Å². The molecule has 0 spiro atoms. The molecule has 1 saturated heterocycles. The van der Waals surface area contributed by atoms with E-state index < -0.39 is 0 Å². The molecular formula is C24H26N2O4. The molecule has 0 N–H and O–H groups in total. The van der Waals surface area contributed by atoms with E-state index in [1.54, 1.807) is 13.3 Å². The number of carbonyl (C=O) groups excluding carboxylic acids is 1. The Hall–Kier alpha value is -3.28. The molecule has 0 radical (unpaired) electrons. The molecule has 1 unspecified atom stereocenters. The number of ether oxygens (including phenoxy) is 2. The Labute approximate surface area is 176 Å². The van der Waals surface area contributed by atoms with Crippen molar-refractivity contribution in [3.63, 3.8) is 0 Å². The van der Waals surface area contributed by atoms with Crippen molar-refractivity contribution in [2.45, 2.75) is 31.7 Å². The third-order valence-electron chi connectivity index (χ3n) is 5.30. The molecule has 0 bridgehead atoms. The first kappa shape index (κ1) is 20.0. The molecule has 1 atom stereocenters. The summed E-state index contributed by atoms with van der Waals surface area (Å²) in [4.78, 5) is 19.2. The smallest absolute Gasteiger partial charge is 0.261 e. The van der Waals surface area contributed by atoms with Gasteiger partial charge in [0, 0.05) is 13.0 Å². The van der Waals surface area contributed by atoms with Crippen LogP contribution in [0.3, 0.4) is 0 Å². The van der Waals surface area contributed by atoms with E-state index in [4.69, 9.17) is 13.9 Å². The van der Waals surface area contributed by atoms with Crippen LogP contribution >= 0.6 is 0 Å². The number of likely N-dealkylation sites (tertiary alicyclic amines) is 1. The lowest BCUT2D eigenvalue weighted by molar-refractivity contribution is -0.137. The lowest BCUT2D eigenvalue weighted by Crippen LogP contribution is -2.41. The average Bonchev–Trinajstić information content (AvgIpc) is 3.26. The van der Waals surface area contributed by atoms with Crippen LogP contribution in [0.1, 0.15) is 42.5 Å². The standard InChI is InChI=1S/C24H26N2O4/c1-28-20-11-7-8-18(14-20)15-21-16-25-24(30-21)22-12-5-6-13-26(22)23(27)17-29-19-9-3-2-4-10-19/h2-4,7-11,14,16,22H,5-6,12-13,15,17H2,1H3. The Morgan fingerprint density at radius 1 is 1.13 bits per heavy atom. The molecule has 1 aliphatic heterocycles. The fraction of sp³-hybridized carbons (Fsp3) is 0.333. The van der Waals surface area contributed by atoms with Crippen LogP contribution in [0.15, 0.2) is 65.2 Å². The van der Waals surface area contributed by atoms with E-state index in [0.29, 0.717) is 24.6 Å². The van der Waals surface area contributed by atoms with Crippen LogP contribution in [0, 0.1) is 0 Å². The zero-order chi connectivity index (χ0) is 20.8. The predicted octanol–water partition coefficient (Wildman–Crippen LogP) is 4.41. The van der Waals surface area contributed by atoms with Gasteiger partial charge in [0.25, 0.3) is 5.91 Å². The molecular weight excluding hydrogens is 380 g/mol. The van der Waals surface area contributed by atoms with Gasteiger partial charge in [0.15, 0.2) is 6.61 Å². The van der Waals surface area contributed by atoms with E-state index in [1.807, 2.05) is 59.5 Å². The van der Waals surface area contributed by atoms with E-state index in [-0.39, 0.29) is 18.6 Å². The highest BCUT2D eigenvalue weighted by molar-refractivity contribution is 5.78. The number of nitrogens with zero attached hydrogens (tertiary/aromatic N) is 2. The summed E-state index contributed by atoms with van der Waals surface area (Å²) in [5.41, 5.74) is 1.09. The number of benzene rings is 2. The van der Waals surface area contributed by atoms with Crippen molar-refractivity contribution in [1.82, 2.24) is 9.88 Å². The van der Waals surface area contributed by atoms with Gasteiger partial charge in [0.2, 0.25) is 5.89 Å². The number of amides is 1. The van der Waals surface area contributed by atoms with Gasteiger partial charge in [-0.2, -0.15) is 0 Å². The Morgan fingerprint density at radius 2 is 1.97 bits per heavy atom. The third-order valence-corrected chi connectivity index (χ3v) is 5.30. The molecule has 3 aromatic rings. The highest BCUT2D eigenvalue weighted by atomic mass is 16.5. The summed E-state index contributed by atoms with van der Waals surface area (Å²) in [6.45, 7) is 0.702. The molecule has 0 saturated carbocycles. The first-order valence-corrected chi connectivity index (χ1v) is 10.3. The molecule has 1 aliphatic rings. The largest absolute Gasteiger partial charge is 0.497 e. The van der Waals surface area contributed by atoms with Crippen molar-refractivity contribution < 1.29 is 18.7 Å². The number of oxazole rings is 1. The van der Waals surface area contributed by atoms with E-state index in [9.17, 15) is 4.79 Å². The SMILES string of the molecule is COc1cccc(Cc2cnc(C3CCCCN3C(=O)COc3ccccc3)o2)c1. The second kappa shape index (κ2) is 9.48. The molecule has 1 fully saturated rings. The summed E-state index contributed by atoms with van der Waals surface area (Å²) in [5.74, 6) is 2.83. The van der Waals surface area contributed by atoms with E-state index in [2.05, 4.69) is 4.98 Å². The lowest BCUT2D eigenvalue weighted by Gasteiger charge is -2.33. The van der Waals surface area contributed by atoms with Gasteiger partial charge >= 0.3 is 0 Å². The summed E-state index contributed by atoms with van der Waals surface area (Å²) < 4.78 is 17.0. The number of para-hydroxylation sites is 1. The Morgan fingerprint density at radius 3 is 2.80 bits per heavy atom. The van der Waals surface area contributed by atoms with Crippen molar-refractivity contribution in [3.05, 3.63) is 78.0 Å². The zero-order valence-corrected chi connectivity index (χ0v) is 17.1. The van der Waals surface area contributed by atoms with Crippen molar-refractivity contribution >= 4 is 5.91 Å². The maximum atomic E-state index is 12.8. The molecule has 0 aliphatic carbocycles. The summed E-state index contributed by atoms with van der Waals surface area (Å²) in [7, 11) is 1.65. The molecule has 2 heterocycles. The number of methoxy groups -OCH3 is 1. The van der Waals surface area contributed by atoms with E-state index in [0.717, 1.165) is 36.3 Å². The zero-order valence-electron chi connectivity index (χ0n) is 17.1. The van der Waals surface area contributed by atoms with Crippen LogP contribution in [0.5, 0.6) is 11.5 Å². The molecule has 6 heteroatoms. The first-order valence-electron chi connectivity index (χ1n) is 10.3. The Kier molecular flexibility index (Phi) is 6.32. The number of aromatic nitrogens is 1. The minimum Gasteiger partial charge on any atom is -0.497 e. The van der Waals surface area contributed by atoms with Crippen molar-refractivity contribution in [2.24, 2.45) is 0 Å². The van der Waals surface area contributed by atoms with Gasteiger partial charge in [0.1, 0.15) is 23.3 Å². The average molecular weight is 406 g/mol. The van der Waals surface area contributed by atoms with Gasteiger partial charge in [-0.25, -0.2) is 4.98 Å². The molecule has 6 nitrogen and oxygen atoms in total. The summed E-state index contributed by atoms with van der Waals surface area (Å²) in [5, 5.41) is 0. The summed E-state index contributed by atoms with van der Waals surface area (Å²) in [6.07, 6.45) is 5.25. The summed E-state index contributed by atoms with van der Waals surface area (Å²) >= 11 is 0. The quantitative estimate of drug-likeness (QED) is 0.582. The van der Waals surface area contributed by atoms with Crippen molar-refractivity contribution in [2.75, 3.05) is 20.3 Å². The van der Waals surface area contributed by atoms with Crippen LogP contribution in [0.2, 0.25) is 0 Å². The van der Waals surface area contributed by atoms with Crippen molar-refractivity contribution in [3.8, 4) is 11.5 Å². The minimum atomic E-state index is -0.148. The molecule has 2 aromatic carbocycles. The van der Waals surface area contributed by atoms with Crippen LogP contribution < -0.4 is 9.47 Å². The highest BCUT2D eigenvalue weighted by Gasteiger charge is 2.31. The minimum absolute atomic E-state index is 0.0118. The fourth-order valence-corrected chi connectivity index (χ4v) is 3.77. The number of rotatable bonds is 7. The van der Waals surface area contributed by atoms with E-state index >= 15 is 0 Å². The van der Waals surface area contributed by atoms with Crippen LogP contribution in [0.4, 0.5) is 0 Å². The molecule has 1 aromatic heterocycles. The molecule has 1 amide bonds. The topological polar surface area (TPSA) is 64.8 Å². The predicted molar refractivity (Wildman–Crippen MR) is 113 cm³/mol.